The molecule has 0 bridgehead atoms. The summed E-state index contributed by atoms with van der Waals surface area (Å²) in [6.07, 6.45) is 1.79. The Balaban J connectivity index is 0. The summed E-state index contributed by atoms with van der Waals surface area (Å²) < 4.78 is 4.51. The maximum absolute atomic E-state index is 8.50. The van der Waals surface area contributed by atoms with Crippen LogP contribution in [0.25, 0.3) is 0 Å². The van der Waals surface area contributed by atoms with E-state index < -0.39 is 6.72 Å². The van der Waals surface area contributed by atoms with Crippen LogP contribution in [-0.2, 0) is 16.3 Å². The topological polar surface area (TPSA) is 84.7 Å². The van der Waals surface area contributed by atoms with Crippen LogP contribution in [0.1, 0.15) is 19.8 Å². The first-order valence-electron chi connectivity index (χ1n) is 2.76. The van der Waals surface area contributed by atoms with E-state index in [4.69, 9.17) is 9.79 Å². The Hall–Kier alpha value is 0.490. The minimum Gasteiger partial charge on any atom is -0.344 e. The van der Waals surface area contributed by atoms with Gasteiger partial charge in [-0.3, -0.25) is 0 Å². The van der Waals surface area contributed by atoms with Crippen LogP contribution < -0.4 is 6.15 Å². The largest absolute Gasteiger partial charge is 0.344 e. The molecule has 0 radical (unpaired) electrons. The summed E-state index contributed by atoms with van der Waals surface area (Å²) in [4.78, 5) is 17.0. The fourth-order valence-corrected chi connectivity index (χ4v) is 0.918. The minimum absolute atomic E-state index is 0. The molecule has 0 aromatic heterocycles. The molecule has 0 amide bonds. The van der Waals surface area contributed by atoms with Gasteiger partial charge >= 0.3 is 6.72 Å². The Bertz CT molecular complexity index is 115. The van der Waals surface area contributed by atoms with Gasteiger partial charge < -0.3 is 20.5 Å². The van der Waals surface area contributed by atoms with E-state index in [0.717, 1.165) is 12.8 Å². The maximum atomic E-state index is 8.50. The number of hydrogen-bond acceptors (Lipinski definition) is 3. The quantitative estimate of drug-likeness (QED) is 0.454. The highest BCUT2D eigenvalue weighted by molar-refractivity contribution is 8.06. The molecule has 0 atom stereocenters. The molecular formula is C4H14NO3PS. The van der Waals surface area contributed by atoms with Crippen molar-refractivity contribution in [1.29, 1.82) is 0 Å². The minimum atomic E-state index is -3.36. The Kier molecular flexibility index (Phi) is 8.15. The fraction of sp³-hybridized carbons (Fsp3) is 1.00. The van der Waals surface area contributed by atoms with Crippen LogP contribution in [0.4, 0.5) is 0 Å². The first-order valence-corrected chi connectivity index (χ1v) is 5.39. The third kappa shape index (κ3) is 11.3. The second-order valence-corrected chi connectivity index (χ2v) is 4.34. The molecule has 64 valence electrons. The SMILES string of the molecule is CCCCOP(O)(O)=S.N. The molecule has 0 unspecified atom stereocenters. The highest BCUT2D eigenvalue weighted by Gasteiger charge is 2.05. The summed E-state index contributed by atoms with van der Waals surface area (Å²) in [7, 11) is 0. The molecule has 0 spiro atoms. The molecule has 0 rings (SSSR count). The van der Waals surface area contributed by atoms with E-state index in [1.165, 1.54) is 0 Å². The monoisotopic (exact) mass is 187 g/mol. The van der Waals surface area contributed by atoms with E-state index in [2.05, 4.69) is 16.3 Å². The molecule has 0 fully saturated rings. The Morgan fingerprint density at radius 2 is 2.00 bits per heavy atom. The second kappa shape index (κ2) is 6.22. The van der Waals surface area contributed by atoms with Crippen molar-refractivity contribution in [2.24, 2.45) is 0 Å². The average Bonchev–Trinajstić information content (AvgIpc) is 1.63. The summed E-state index contributed by atoms with van der Waals surface area (Å²) in [5.74, 6) is 0. The highest BCUT2D eigenvalue weighted by Crippen LogP contribution is 2.36. The van der Waals surface area contributed by atoms with Crippen molar-refractivity contribution in [3.63, 3.8) is 0 Å². The molecule has 0 aliphatic heterocycles. The Morgan fingerprint density at radius 3 is 2.30 bits per heavy atom. The predicted octanol–water partition coefficient (Wildman–Crippen LogP) is 1.17. The van der Waals surface area contributed by atoms with Crippen molar-refractivity contribution in [3.8, 4) is 0 Å². The lowest BCUT2D eigenvalue weighted by molar-refractivity contribution is 0.247. The van der Waals surface area contributed by atoms with Crippen molar-refractivity contribution >= 4 is 18.5 Å². The van der Waals surface area contributed by atoms with Crippen LogP contribution in [-0.4, -0.2) is 16.4 Å². The van der Waals surface area contributed by atoms with Gasteiger partial charge in [-0.05, 0) is 18.2 Å². The van der Waals surface area contributed by atoms with Crippen LogP contribution in [0.2, 0.25) is 0 Å². The predicted molar refractivity (Wildman–Crippen MR) is 44.6 cm³/mol. The Morgan fingerprint density at radius 1 is 1.50 bits per heavy atom. The molecule has 0 saturated heterocycles. The van der Waals surface area contributed by atoms with E-state index >= 15 is 0 Å². The molecule has 0 aromatic carbocycles. The summed E-state index contributed by atoms with van der Waals surface area (Å²) in [5, 5.41) is 0. The van der Waals surface area contributed by atoms with Gasteiger partial charge in [-0.1, -0.05) is 13.3 Å². The second-order valence-electron chi connectivity index (χ2n) is 1.68. The van der Waals surface area contributed by atoms with E-state index in [-0.39, 0.29) is 6.15 Å². The third-order valence-electron chi connectivity index (χ3n) is 0.757. The Labute approximate surface area is 66.1 Å². The third-order valence-corrected chi connectivity index (χ3v) is 1.59. The highest BCUT2D eigenvalue weighted by atomic mass is 32.5. The molecule has 6 heteroatoms. The van der Waals surface area contributed by atoms with E-state index in [9.17, 15) is 0 Å². The molecule has 0 saturated carbocycles. The van der Waals surface area contributed by atoms with Gasteiger partial charge in [0.05, 0.1) is 6.61 Å². The standard InChI is InChI=1S/C4H11O3PS.H3N/c1-2-3-4-7-8(5,6)9;/h2-4H2,1H3,(H2,5,6,9);1H3. The van der Waals surface area contributed by atoms with Crippen molar-refractivity contribution in [2.45, 2.75) is 19.8 Å². The van der Waals surface area contributed by atoms with Gasteiger partial charge in [0.25, 0.3) is 0 Å². The number of unbranched alkanes of at least 4 members (excludes halogenated alkanes) is 1. The molecular weight excluding hydrogens is 173 g/mol. The van der Waals surface area contributed by atoms with Crippen molar-refractivity contribution in [1.82, 2.24) is 6.15 Å². The summed E-state index contributed by atoms with van der Waals surface area (Å²) in [6, 6.07) is 0. The van der Waals surface area contributed by atoms with Gasteiger partial charge in [0.1, 0.15) is 0 Å². The van der Waals surface area contributed by atoms with E-state index in [0.29, 0.717) is 6.61 Å². The van der Waals surface area contributed by atoms with Gasteiger partial charge in [0.15, 0.2) is 0 Å². The molecule has 0 aliphatic rings. The molecule has 0 heterocycles. The molecule has 0 aliphatic carbocycles. The number of hydrogen-bond donors (Lipinski definition) is 3. The van der Waals surface area contributed by atoms with Crippen LogP contribution in [0.5, 0.6) is 0 Å². The smallest absolute Gasteiger partial charge is 0.321 e. The first-order chi connectivity index (χ1) is 4.06. The van der Waals surface area contributed by atoms with Gasteiger partial charge in [-0.2, -0.15) is 0 Å². The normalized spacial score (nSPS) is 10.7. The fourth-order valence-electron chi connectivity index (χ4n) is 0.328. The zero-order valence-corrected chi connectivity index (χ0v) is 7.70. The molecule has 5 N–H and O–H groups in total. The van der Waals surface area contributed by atoms with Gasteiger partial charge in [0, 0.05) is 0 Å². The van der Waals surface area contributed by atoms with Crippen LogP contribution in [0.3, 0.4) is 0 Å². The maximum Gasteiger partial charge on any atom is 0.321 e. The van der Waals surface area contributed by atoms with E-state index in [1.807, 2.05) is 6.92 Å². The lowest BCUT2D eigenvalue weighted by Crippen LogP contribution is -1.89. The molecule has 0 aromatic rings. The molecule has 4 nitrogen and oxygen atoms in total. The van der Waals surface area contributed by atoms with Crippen LogP contribution in [0, 0.1) is 0 Å². The first kappa shape index (κ1) is 13.1. The summed E-state index contributed by atoms with van der Waals surface area (Å²) in [5.41, 5.74) is 0. The van der Waals surface area contributed by atoms with Gasteiger partial charge in [-0.15, -0.1) is 0 Å². The average molecular weight is 187 g/mol. The van der Waals surface area contributed by atoms with Gasteiger partial charge in [0.2, 0.25) is 0 Å². The van der Waals surface area contributed by atoms with Crippen LogP contribution >= 0.6 is 6.72 Å². The van der Waals surface area contributed by atoms with Crippen molar-refractivity contribution in [2.75, 3.05) is 6.61 Å². The summed E-state index contributed by atoms with van der Waals surface area (Å²) in [6.45, 7) is -1.03. The van der Waals surface area contributed by atoms with E-state index in [1.54, 1.807) is 0 Å². The zero-order valence-electron chi connectivity index (χ0n) is 5.99. The summed E-state index contributed by atoms with van der Waals surface area (Å²) >= 11 is 4.20. The van der Waals surface area contributed by atoms with Crippen molar-refractivity contribution < 1.29 is 14.3 Å². The molecule has 10 heavy (non-hydrogen) atoms. The zero-order chi connectivity index (χ0) is 7.33. The van der Waals surface area contributed by atoms with Crippen LogP contribution in [0.15, 0.2) is 0 Å². The van der Waals surface area contributed by atoms with Crippen molar-refractivity contribution in [3.05, 3.63) is 0 Å². The number of rotatable bonds is 4. The lowest BCUT2D eigenvalue weighted by Gasteiger charge is -2.05. The van der Waals surface area contributed by atoms with Gasteiger partial charge in [-0.25, -0.2) is 0 Å². The lowest BCUT2D eigenvalue weighted by atomic mass is 10.4.